The first-order valence-electron chi connectivity index (χ1n) is 3.73. The Hall–Kier alpha value is -0.280. The van der Waals surface area contributed by atoms with Gasteiger partial charge in [-0.3, -0.25) is 4.79 Å². The Morgan fingerprint density at radius 1 is 1.73 bits per heavy atom. The highest BCUT2D eigenvalue weighted by molar-refractivity contribution is 8.03. The lowest BCUT2D eigenvalue weighted by atomic mass is 10.3. The molecule has 0 spiro atoms. The second kappa shape index (κ2) is 3.93. The number of aliphatic hydroxyl groups is 1. The fraction of sp³-hybridized carbons (Fsp3) is 0.625. The van der Waals surface area contributed by atoms with Crippen LogP contribution in [0.3, 0.4) is 0 Å². The van der Waals surface area contributed by atoms with Crippen molar-refractivity contribution in [3.05, 3.63) is 11.0 Å². The van der Waals surface area contributed by atoms with Crippen molar-refractivity contribution in [1.82, 2.24) is 0 Å². The molecule has 1 atom stereocenters. The fourth-order valence-corrected chi connectivity index (χ4v) is 1.97. The molecule has 0 amide bonds. The Kier molecular flexibility index (Phi) is 3.15. The highest BCUT2D eigenvalue weighted by Gasteiger charge is 2.14. The SMILES string of the molecule is CC(CO)SC1=CC(=O)CC1. The van der Waals surface area contributed by atoms with Gasteiger partial charge in [0, 0.05) is 11.7 Å². The van der Waals surface area contributed by atoms with E-state index in [4.69, 9.17) is 5.11 Å². The Balaban J connectivity index is 2.38. The number of hydrogen-bond acceptors (Lipinski definition) is 3. The average molecular weight is 172 g/mol. The number of hydrogen-bond donors (Lipinski definition) is 1. The first-order valence-corrected chi connectivity index (χ1v) is 4.61. The summed E-state index contributed by atoms with van der Waals surface area (Å²) in [6.07, 6.45) is 3.21. The van der Waals surface area contributed by atoms with E-state index in [2.05, 4.69) is 0 Å². The molecule has 0 saturated heterocycles. The third-order valence-electron chi connectivity index (χ3n) is 1.55. The lowest BCUT2D eigenvalue weighted by Crippen LogP contribution is -2.01. The third kappa shape index (κ3) is 2.67. The Morgan fingerprint density at radius 2 is 2.45 bits per heavy atom. The van der Waals surface area contributed by atoms with Gasteiger partial charge < -0.3 is 5.11 Å². The van der Waals surface area contributed by atoms with Gasteiger partial charge in [-0.25, -0.2) is 0 Å². The minimum atomic E-state index is 0.177. The van der Waals surface area contributed by atoms with Crippen LogP contribution in [0.25, 0.3) is 0 Å². The van der Waals surface area contributed by atoms with E-state index < -0.39 is 0 Å². The number of allylic oxidation sites excluding steroid dienone is 2. The maximum atomic E-state index is 10.8. The molecule has 1 aliphatic rings. The molecule has 62 valence electrons. The molecule has 3 heteroatoms. The normalized spacial score (nSPS) is 20.2. The van der Waals surface area contributed by atoms with Crippen molar-refractivity contribution in [2.75, 3.05) is 6.61 Å². The molecular formula is C8H12O2S. The standard InChI is InChI=1S/C8H12O2S/c1-6(5-9)11-8-3-2-7(10)4-8/h4,6,9H,2-3,5H2,1H3. The van der Waals surface area contributed by atoms with Gasteiger partial charge in [0.05, 0.1) is 6.61 Å². The predicted molar refractivity (Wildman–Crippen MR) is 46.5 cm³/mol. The molecular weight excluding hydrogens is 160 g/mol. The molecule has 0 aromatic heterocycles. The van der Waals surface area contributed by atoms with Crippen molar-refractivity contribution in [3.8, 4) is 0 Å². The monoisotopic (exact) mass is 172 g/mol. The van der Waals surface area contributed by atoms with Crippen LogP contribution in [0, 0.1) is 0 Å². The van der Waals surface area contributed by atoms with Crippen LogP contribution in [-0.2, 0) is 4.79 Å². The summed E-state index contributed by atoms with van der Waals surface area (Å²) in [4.78, 5) is 11.9. The summed E-state index contributed by atoms with van der Waals surface area (Å²) in [5, 5.41) is 8.94. The van der Waals surface area contributed by atoms with Crippen LogP contribution in [0.15, 0.2) is 11.0 Å². The maximum Gasteiger partial charge on any atom is 0.156 e. The maximum absolute atomic E-state index is 10.8. The van der Waals surface area contributed by atoms with Gasteiger partial charge in [-0.2, -0.15) is 0 Å². The molecule has 0 saturated carbocycles. The van der Waals surface area contributed by atoms with Gasteiger partial charge in [-0.15, -0.1) is 11.8 Å². The van der Waals surface area contributed by atoms with Crippen LogP contribution < -0.4 is 0 Å². The smallest absolute Gasteiger partial charge is 0.156 e. The quantitative estimate of drug-likeness (QED) is 0.698. The van der Waals surface area contributed by atoms with Crippen molar-refractivity contribution in [1.29, 1.82) is 0 Å². The van der Waals surface area contributed by atoms with Crippen molar-refractivity contribution in [3.63, 3.8) is 0 Å². The van der Waals surface area contributed by atoms with E-state index in [1.54, 1.807) is 17.8 Å². The zero-order valence-electron chi connectivity index (χ0n) is 6.54. The van der Waals surface area contributed by atoms with Crippen molar-refractivity contribution in [2.24, 2.45) is 0 Å². The van der Waals surface area contributed by atoms with Crippen LogP contribution in [-0.4, -0.2) is 22.7 Å². The Bertz CT molecular complexity index is 187. The topological polar surface area (TPSA) is 37.3 Å². The van der Waals surface area contributed by atoms with Crippen LogP contribution in [0.4, 0.5) is 0 Å². The molecule has 1 aliphatic carbocycles. The number of carbonyl (C=O) groups excluding carboxylic acids is 1. The molecule has 0 bridgehead atoms. The van der Waals surface area contributed by atoms with Crippen LogP contribution in [0.2, 0.25) is 0 Å². The molecule has 1 rings (SSSR count). The molecule has 0 fully saturated rings. The van der Waals surface area contributed by atoms with Gasteiger partial charge in [0.2, 0.25) is 0 Å². The molecule has 0 heterocycles. The third-order valence-corrected chi connectivity index (χ3v) is 2.73. The lowest BCUT2D eigenvalue weighted by Gasteiger charge is -2.06. The minimum absolute atomic E-state index is 0.177. The van der Waals surface area contributed by atoms with Gasteiger partial charge in [-0.1, -0.05) is 6.92 Å². The summed E-state index contributed by atoms with van der Waals surface area (Å²) in [6, 6.07) is 0. The zero-order chi connectivity index (χ0) is 8.27. The molecule has 0 aromatic rings. The second-order valence-corrected chi connectivity index (χ2v) is 4.25. The van der Waals surface area contributed by atoms with E-state index >= 15 is 0 Å². The van der Waals surface area contributed by atoms with Gasteiger partial charge in [0.15, 0.2) is 5.78 Å². The summed E-state index contributed by atoms with van der Waals surface area (Å²) in [6.45, 7) is 2.13. The van der Waals surface area contributed by atoms with E-state index in [1.165, 1.54) is 0 Å². The van der Waals surface area contributed by atoms with E-state index in [0.29, 0.717) is 6.42 Å². The summed E-state index contributed by atoms with van der Waals surface area (Å²) >= 11 is 1.60. The number of rotatable bonds is 3. The predicted octanol–water partition coefficient (Wildman–Crippen LogP) is 1.35. The van der Waals surface area contributed by atoms with Crippen LogP contribution in [0.1, 0.15) is 19.8 Å². The second-order valence-electron chi connectivity index (χ2n) is 2.69. The minimum Gasteiger partial charge on any atom is -0.395 e. The van der Waals surface area contributed by atoms with Crippen molar-refractivity contribution < 1.29 is 9.90 Å². The van der Waals surface area contributed by atoms with Gasteiger partial charge in [0.1, 0.15) is 0 Å². The lowest BCUT2D eigenvalue weighted by molar-refractivity contribution is -0.114. The molecule has 0 aromatic carbocycles. The van der Waals surface area contributed by atoms with E-state index in [9.17, 15) is 4.79 Å². The fourth-order valence-electron chi connectivity index (χ4n) is 0.959. The largest absolute Gasteiger partial charge is 0.395 e. The molecule has 11 heavy (non-hydrogen) atoms. The average Bonchev–Trinajstić information content (AvgIpc) is 2.35. The van der Waals surface area contributed by atoms with E-state index in [1.807, 2.05) is 6.92 Å². The first-order chi connectivity index (χ1) is 5.22. The molecule has 1 unspecified atom stereocenters. The van der Waals surface area contributed by atoms with Gasteiger partial charge in [0.25, 0.3) is 0 Å². The number of carbonyl (C=O) groups is 1. The number of thioether (sulfide) groups is 1. The Labute approximate surface area is 70.7 Å². The van der Waals surface area contributed by atoms with Crippen molar-refractivity contribution >= 4 is 17.5 Å². The molecule has 1 N–H and O–H groups in total. The van der Waals surface area contributed by atoms with Crippen LogP contribution >= 0.6 is 11.8 Å². The zero-order valence-corrected chi connectivity index (χ0v) is 7.36. The van der Waals surface area contributed by atoms with E-state index in [0.717, 1.165) is 11.3 Å². The summed E-state index contributed by atoms with van der Waals surface area (Å²) in [5.41, 5.74) is 0. The van der Waals surface area contributed by atoms with Gasteiger partial charge in [-0.05, 0) is 17.4 Å². The highest BCUT2D eigenvalue weighted by atomic mass is 32.2. The van der Waals surface area contributed by atoms with Gasteiger partial charge >= 0.3 is 0 Å². The highest BCUT2D eigenvalue weighted by Crippen LogP contribution is 2.29. The number of ketones is 1. The summed E-state index contributed by atoms with van der Waals surface area (Å²) in [5.74, 6) is 0.220. The first kappa shape index (κ1) is 8.81. The van der Waals surface area contributed by atoms with E-state index in [-0.39, 0.29) is 17.6 Å². The number of aliphatic hydroxyl groups excluding tert-OH is 1. The summed E-state index contributed by atoms with van der Waals surface area (Å²) < 4.78 is 0. The van der Waals surface area contributed by atoms with Crippen molar-refractivity contribution in [2.45, 2.75) is 25.0 Å². The Morgan fingerprint density at radius 3 is 2.91 bits per heavy atom. The molecule has 0 aliphatic heterocycles. The van der Waals surface area contributed by atoms with Crippen LogP contribution in [0.5, 0.6) is 0 Å². The molecule has 0 radical (unpaired) electrons. The molecule has 2 nitrogen and oxygen atoms in total. The summed E-state index contributed by atoms with van der Waals surface area (Å²) in [7, 11) is 0.